The first-order valence-electron chi connectivity index (χ1n) is 10.4. The summed E-state index contributed by atoms with van der Waals surface area (Å²) >= 11 is 0. The highest BCUT2D eigenvalue weighted by molar-refractivity contribution is 5.84. The number of amides is 2. The van der Waals surface area contributed by atoms with Gasteiger partial charge in [-0.15, -0.1) is 0 Å². The number of benzene rings is 1. The number of likely N-dealkylation sites (tertiary alicyclic amines) is 1. The first-order chi connectivity index (χ1) is 13.1. The molecule has 1 heterocycles. The predicted octanol–water partition coefficient (Wildman–Crippen LogP) is 3.84. The molecule has 27 heavy (non-hydrogen) atoms. The second kappa shape index (κ2) is 9.86. The van der Waals surface area contributed by atoms with Gasteiger partial charge in [-0.2, -0.15) is 0 Å². The average Bonchev–Trinajstić information content (AvgIpc) is 2.63. The third-order valence-corrected chi connectivity index (χ3v) is 5.88. The van der Waals surface area contributed by atoms with E-state index in [-0.39, 0.29) is 29.6 Å². The number of hydrogen-bond acceptors (Lipinski definition) is 2. The van der Waals surface area contributed by atoms with Crippen molar-refractivity contribution in [1.82, 2.24) is 10.2 Å². The largest absolute Gasteiger partial charge is 0.353 e. The van der Waals surface area contributed by atoms with Crippen molar-refractivity contribution in [2.45, 2.75) is 70.3 Å². The van der Waals surface area contributed by atoms with Crippen LogP contribution in [0.5, 0.6) is 0 Å². The summed E-state index contributed by atoms with van der Waals surface area (Å²) in [6, 6.07) is 6.78. The highest BCUT2D eigenvalue weighted by atomic mass is 19.1. The van der Waals surface area contributed by atoms with Gasteiger partial charge in [0.1, 0.15) is 5.82 Å². The second-order valence-corrected chi connectivity index (χ2v) is 8.01. The molecule has 4 nitrogen and oxygen atoms in total. The third-order valence-electron chi connectivity index (χ3n) is 5.88. The van der Waals surface area contributed by atoms with Crippen molar-refractivity contribution in [2.24, 2.45) is 5.92 Å². The zero-order valence-electron chi connectivity index (χ0n) is 16.1. The van der Waals surface area contributed by atoms with Gasteiger partial charge in [-0.25, -0.2) is 4.39 Å². The van der Waals surface area contributed by atoms with Crippen LogP contribution in [0.15, 0.2) is 24.3 Å². The van der Waals surface area contributed by atoms with Gasteiger partial charge in [0.05, 0.1) is 5.92 Å². The Bertz CT molecular complexity index is 641. The van der Waals surface area contributed by atoms with Gasteiger partial charge < -0.3 is 10.2 Å². The number of piperidine rings is 1. The molecule has 1 atom stereocenters. The standard InChI is InChI=1S/C22H31FN2O2/c23-19-8-6-7-17(15-19)13-14-25-16-18(11-12-21(25)26)22(27)24-20-9-4-2-1-3-5-10-20/h6-8,15,18,20H,1-5,9-14,16H2,(H,24,27)/t18-/m0/s1. The van der Waals surface area contributed by atoms with Crippen molar-refractivity contribution >= 4 is 11.8 Å². The zero-order valence-corrected chi connectivity index (χ0v) is 16.1. The van der Waals surface area contributed by atoms with Crippen molar-refractivity contribution in [3.05, 3.63) is 35.6 Å². The lowest BCUT2D eigenvalue weighted by Gasteiger charge is -2.33. The average molecular weight is 375 g/mol. The summed E-state index contributed by atoms with van der Waals surface area (Å²) in [6.07, 6.45) is 10.0. The maximum atomic E-state index is 13.3. The van der Waals surface area contributed by atoms with Crippen molar-refractivity contribution in [2.75, 3.05) is 13.1 Å². The van der Waals surface area contributed by atoms with Crippen LogP contribution < -0.4 is 5.32 Å². The third kappa shape index (κ3) is 6.05. The van der Waals surface area contributed by atoms with Crippen molar-refractivity contribution in [3.8, 4) is 0 Å². The van der Waals surface area contributed by atoms with Crippen LogP contribution in [0.4, 0.5) is 4.39 Å². The molecule has 0 radical (unpaired) electrons. The summed E-state index contributed by atoms with van der Waals surface area (Å²) in [7, 11) is 0. The summed E-state index contributed by atoms with van der Waals surface area (Å²) in [6.45, 7) is 1.02. The lowest BCUT2D eigenvalue weighted by atomic mass is 9.93. The molecule has 1 aromatic carbocycles. The summed E-state index contributed by atoms with van der Waals surface area (Å²) in [5.74, 6) is -0.181. The molecule has 0 aromatic heterocycles. The summed E-state index contributed by atoms with van der Waals surface area (Å²) < 4.78 is 13.3. The second-order valence-electron chi connectivity index (χ2n) is 8.01. The highest BCUT2D eigenvalue weighted by Gasteiger charge is 2.31. The molecule has 1 saturated heterocycles. The molecule has 1 saturated carbocycles. The minimum atomic E-state index is -0.256. The summed E-state index contributed by atoms with van der Waals surface area (Å²) in [5, 5.41) is 3.25. The molecule has 1 aromatic rings. The van der Waals surface area contributed by atoms with Gasteiger partial charge in [-0.05, 0) is 43.4 Å². The quantitative estimate of drug-likeness (QED) is 0.851. The van der Waals surface area contributed by atoms with Gasteiger partial charge in [-0.1, -0.05) is 44.2 Å². The number of carbonyl (C=O) groups excluding carboxylic acids is 2. The number of carbonyl (C=O) groups is 2. The first-order valence-corrected chi connectivity index (χ1v) is 10.4. The van der Waals surface area contributed by atoms with E-state index >= 15 is 0 Å². The van der Waals surface area contributed by atoms with Gasteiger partial charge in [0.2, 0.25) is 11.8 Å². The van der Waals surface area contributed by atoms with Crippen LogP contribution in [0.25, 0.3) is 0 Å². The van der Waals surface area contributed by atoms with Crippen LogP contribution in [0, 0.1) is 11.7 Å². The van der Waals surface area contributed by atoms with Crippen LogP contribution in [0.1, 0.15) is 63.4 Å². The molecular formula is C22H31FN2O2. The summed E-state index contributed by atoms with van der Waals surface area (Å²) in [4.78, 5) is 26.8. The molecule has 2 aliphatic rings. The van der Waals surface area contributed by atoms with Gasteiger partial charge in [0.25, 0.3) is 0 Å². The number of nitrogens with zero attached hydrogens (tertiary/aromatic N) is 1. The highest BCUT2D eigenvalue weighted by Crippen LogP contribution is 2.21. The van der Waals surface area contributed by atoms with Crippen LogP contribution in [-0.4, -0.2) is 35.8 Å². The Kier molecular flexibility index (Phi) is 7.25. The molecule has 1 N–H and O–H groups in total. The van der Waals surface area contributed by atoms with E-state index in [1.807, 2.05) is 6.07 Å². The molecule has 1 aliphatic heterocycles. The van der Waals surface area contributed by atoms with E-state index in [1.54, 1.807) is 11.0 Å². The van der Waals surface area contributed by atoms with E-state index in [0.717, 1.165) is 18.4 Å². The Balaban J connectivity index is 1.50. The SMILES string of the molecule is O=C(NC1CCCCCCC1)[C@H]1CCC(=O)N(CCc2cccc(F)c2)C1. The Morgan fingerprint density at radius 3 is 2.59 bits per heavy atom. The van der Waals surface area contributed by atoms with Crippen molar-refractivity contribution in [3.63, 3.8) is 0 Å². The molecule has 1 aliphatic carbocycles. The first kappa shape index (κ1) is 19.8. The monoisotopic (exact) mass is 374 g/mol. The Morgan fingerprint density at radius 2 is 1.85 bits per heavy atom. The van der Waals surface area contributed by atoms with Crippen LogP contribution in [0.2, 0.25) is 0 Å². The van der Waals surface area contributed by atoms with Gasteiger partial charge in [0.15, 0.2) is 0 Å². The number of rotatable bonds is 5. The van der Waals surface area contributed by atoms with Gasteiger partial charge >= 0.3 is 0 Å². The Morgan fingerprint density at radius 1 is 1.11 bits per heavy atom. The van der Waals surface area contributed by atoms with E-state index in [1.165, 1.54) is 44.2 Å². The Labute approximate surface area is 161 Å². The molecule has 5 heteroatoms. The van der Waals surface area contributed by atoms with E-state index in [2.05, 4.69) is 5.32 Å². The maximum Gasteiger partial charge on any atom is 0.225 e. The van der Waals surface area contributed by atoms with Crippen molar-refractivity contribution < 1.29 is 14.0 Å². The van der Waals surface area contributed by atoms with Crippen molar-refractivity contribution in [1.29, 1.82) is 0 Å². The fourth-order valence-corrected chi connectivity index (χ4v) is 4.22. The molecule has 3 rings (SSSR count). The topological polar surface area (TPSA) is 49.4 Å². The molecule has 0 spiro atoms. The minimum absolute atomic E-state index is 0.0985. The lowest BCUT2D eigenvalue weighted by molar-refractivity contribution is -0.138. The molecule has 0 unspecified atom stereocenters. The molecular weight excluding hydrogens is 343 g/mol. The normalized spacial score (nSPS) is 22.2. The van der Waals surface area contributed by atoms with Crippen LogP contribution in [0.3, 0.4) is 0 Å². The fourth-order valence-electron chi connectivity index (χ4n) is 4.22. The minimum Gasteiger partial charge on any atom is -0.353 e. The number of nitrogens with one attached hydrogen (secondary N) is 1. The molecule has 148 valence electrons. The summed E-state index contributed by atoms with van der Waals surface area (Å²) in [5.41, 5.74) is 0.879. The van der Waals surface area contributed by atoms with Gasteiger partial charge in [-0.3, -0.25) is 9.59 Å². The van der Waals surface area contributed by atoms with Crippen LogP contribution >= 0.6 is 0 Å². The fraction of sp³-hybridized carbons (Fsp3) is 0.636. The van der Waals surface area contributed by atoms with E-state index in [4.69, 9.17) is 0 Å². The lowest BCUT2D eigenvalue weighted by Crippen LogP contribution is -2.48. The van der Waals surface area contributed by atoms with Crippen LogP contribution in [-0.2, 0) is 16.0 Å². The molecule has 2 fully saturated rings. The van der Waals surface area contributed by atoms with E-state index in [9.17, 15) is 14.0 Å². The molecule has 2 amide bonds. The number of hydrogen-bond donors (Lipinski definition) is 1. The predicted molar refractivity (Wildman–Crippen MR) is 104 cm³/mol. The molecule has 0 bridgehead atoms. The smallest absolute Gasteiger partial charge is 0.225 e. The van der Waals surface area contributed by atoms with E-state index < -0.39 is 0 Å². The van der Waals surface area contributed by atoms with Gasteiger partial charge in [0, 0.05) is 25.6 Å². The zero-order chi connectivity index (χ0) is 19.1. The maximum absolute atomic E-state index is 13.3. The Hall–Kier alpha value is -1.91. The number of halogens is 1. The van der Waals surface area contributed by atoms with E-state index in [0.29, 0.717) is 32.4 Å².